The third-order valence-corrected chi connectivity index (χ3v) is 2.84. The Balaban J connectivity index is 4.39. The number of hydrogen-bond acceptors (Lipinski definition) is 2. The normalized spacial score (nSPS) is 13.2. The highest BCUT2D eigenvalue weighted by atomic mass is 32.2. The Hall–Kier alpha value is -0.0900. The predicted molar refractivity (Wildman–Crippen MR) is 56.1 cm³/mol. The van der Waals surface area contributed by atoms with E-state index in [1.54, 1.807) is 4.31 Å². The molecule has 0 atom stereocenters. The second-order valence-electron chi connectivity index (χ2n) is 4.37. The third kappa shape index (κ3) is 6.05. The Kier molecular flexibility index (Phi) is 4.92. The zero-order chi connectivity index (χ0) is 10.6. The molecular weight excluding hydrogens is 186 g/mol. The number of sulfonamides is 1. The van der Waals surface area contributed by atoms with Gasteiger partial charge in [-0.15, -0.1) is 0 Å². The minimum Gasteiger partial charge on any atom is -0.213 e. The van der Waals surface area contributed by atoms with Crippen molar-refractivity contribution in [3.05, 3.63) is 0 Å². The molecule has 0 aromatic rings. The van der Waals surface area contributed by atoms with E-state index >= 15 is 0 Å². The van der Waals surface area contributed by atoms with Crippen LogP contribution in [0.3, 0.4) is 0 Å². The Morgan fingerprint density at radius 1 is 1.00 bits per heavy atom. The average molecular weight is 207 g/mol. The standard InChI is InChI=1S/C9H21NO2S/c1-8(2)6-10(7-9(3)4)13(5,11)12/h8-9H,6-7H2,1-5H3. The van der Waals surface area contributed by atoms with Crippen LogP contribution in [0.15, 0.2) is 0 Å². The van der Waals surface area contributed by atoms with Crippen molar-refractivity contribution in [1.82, 2.24) is 4.31 Å². The maximum Gasteiger partial charge on any atom is 0.211 e. The molecule has 3 nitrogen and oxygen atoms in total. The van der Waals surface area contributed by atoms with Gasteiger partial charge in [0.05, 0.1) is 6.26 Å². The SMILES string of the molecule is CC(C)CN(CC(C)C)S(C)(=O)=O. The Bertz CT molecular complexity index is 222. The van der Waals surface area contributed by atoms with Crippen LogP contribution in [0.4, 0.5) is 0 Å². The number of nitrogens with zero attached hydrogens (tertiary/aromatic N) is 1. The molecule has 0 spiro atoms. The van der Waals surface area contributed by atoms with E-state index in [2.05, 4.69) is 0 Å². The lowest BCUT2D eigenvalue weighted by molar-refractivity contribution is 0.335. The van der Waals surface area contributed by atoms with E-state index in [9.17, 15) is 8.42 Å². The summed E-state index contributed by atoms with van der Waals surface area (Å²) in [6.07, 6.45) is 1.28. The van der Waals surface area contributed by atoms with Gasteiger partial charge in [-0.2, -0.15) is 0 Å². The monoisotopic (exact) mass is 207 g/mol. The fraction of sp³-hybridized carbons (Fsp3) is 1.00. The van der Waals surface area contributed by atoms with E-state index in [0.717, 1.165) is 0 Å². The summed E-state index contributed by atoms with van der Waals surface area (Å²) >= 11 is 0. The number of hydrogen-bond donors (Lipinski definition) is 0. The molecule has 0 unspecified atom stereocenters. The molecule has 0 aromatic carbocycles. The van der Waals surface area contributed by atoms with Crippen molar-refractivity contribution in [3.63, 3.8) is 0 Å². The summed E-state index contributed by atoms with van der Waals surface area (Å²) in [5.74, 6) is 0.766. The zero-order valence-electron chi connectivity index (χ0n) is 9.24. The summed E-state index contributed by atoms with van der Waals surface area (Å²) in [5, 5.41) is 0. The minimum absolute atomic E-state index is 0.383. The van der Waals surface area contributed by atoms with Gasteiger partial charge < -0.3 is 0 Å². The van der Waals surface area contributed by atoms with Crippen molar-refractivity contribution < 1.29 is 8.42 Å². The van der Waals surface area contributed by atoms with Crippen LogP contribution < -0.4 is 0 Å². The first-order valence-electron chi connectivity index (χ1n) is 4.68. The smallest absolute Gasteiger partial charge is 0.211 e. The molecule has 0 fully saturated rings. The van der Waals surface area contributed by atoms with Crippen LogP contribution in [0.5, 0.6) is 0 Å². The van der Waals surface area contributed by atoms with Gasteiger partial charge in [-0.05, 0) is 11.8 Å². The Morgan fingerprint density at radius 2 is 1.31 bits per heavy atom. The molecule has 0 bridgehead atoms. The lowest BCUT2D eigenvalue weighted by atomic mass is 10.2. The van der Waals surface area contributed by atoms with Gasteiger partial charge in [0.1, 0.15) is 0 Å². The average Bonchev–Trinajstić information content (AvgIpc) is 1.81. The first kappa shape index (κ1) is 12.9. The zero-order valence-corrected chi connectivity index (χ0v) is 10.1. The summed E-state index contributed by atoms with van der Waals surface area (Å²) in [6.45, 7) is 9.35. The number of rotatable bonds is 5. The van der Waals surface area contributed by atoms with Crippen LogP contribution >= 0.6 is 0 Å². The van der Waals surface area contributed by atoms with E-state index in [0.29, 0.717) is 24.9 Å². The molecule has 0 aliphatic rings. The molecule has 0 N–H and O–H groups in total. The van der Waals surface area contributed by atoms with Crippen LogP contribution in [-0.4, -0.2) is 32.1 Å². The van der Waals surface area contributed by atoms with Crippen LogP contribution in [0.2, 0.25) is 0 Å². The molecule has 0 saturated carbocycles. The molecule has 4 heteroatoms. The van der Waals surface area contributed by atoms with Gasteiger partial charge in [0.2, 0.25) is 10.0 Å². The summed E-state index contributed by atoms with van der Waals surface area (Å²) in [4.78, 5) is 0. The molecule has 0 aliphatic carbocycles. The van der Waals surface area contributed by atoms with Crippen LogP contribution in [0, 0.1) is 11.8 Å². The summed E-state index contributed by atoms with van der Waals surface area (Å²) in [6, 6.07) is 0. The second kappa shape index (κ2) is 4.96. The van der Waals surface area contributed by atoms with Gasteiger partial charge in [-0.3, -0.25) is 0 Å². The van der Waals surface area contributed by atoms with Crippen molar-refractivity contribution in [2.45, 2.75) is 27.7 Å². The molecule has 0 amide bonds. The predicted octanol–water partition coefficient (Wildman–Crippen LogP) is 1.56. The third-order valence-electron chi connectivity index (χ3n) is 1.61. The first-order chi connectivity index (χ1) is 5.73. The highest BCUT2D eigenvalue weighted by molar-refractivity contribution is 7.88. The van der Waals surface area contributed by atoms with E-state index in [-0.39, 0.29) is 0 Å². The van der Waals surface area contributed by atoms with Crippen molar-refractivity contribution in [2.75, 3.05) is 19.3 Å². The molecule has 0 saturated heterocycles. The molecule has 0 aromatic heterocycles. The lowest BCUT2D eigenvalue weighted by Gasteiger charge is -2.23. The van der Waals surface area contributed by atoms with Gasteiger partial charge in [-0.25, -0.2) is 12.7 Å². The van der Waals surface area contributed by atoms with E-state index in [4.69, 9.17) is 0 Å². The molecule has 0 radical (unpaired) electrons. The van der Waals surface area contributed by atoms with Crippen molar-refractivity contribution in [3.8, 4) is 0 Å². The van der Waals surface area contributed by atoms with Crippen LogP contribution in [-0.2, 0) is 10.0 Å². The summed E-state index contributed by atoms with van der Waals surface area (Å²) in [7, 11) is -3.02. The lowest BCUT2D eigenvalue weighted by Crippen LogP contribution is -2.36. The maximum absolute atomic E-state index is 11.3. The topological polar surface area (TPSA) is 37.4 Å². The first-order valence-corrected chi connectivity index (χ1v) is 6.53. The van der Waals surface area contributed by atoms with Gasteiger partial charge in [-0.1, -0.05) is 27.7 Å². The highest BCUT2D eigenvalue weighted by Crippen LogP contribution is 2.07. The molecular formula is C9H21NO2S. The molecule has 0 rings (SSSR count). The quantitative estimate of drug-likeness (QED) is 0.686. The summed E-state index contributed by atoms with van der Waals surface area (Å²) in [5.41, 5.74) is 0. The highest BCUT2D eigenvalue weighted by Gasteiger charge is 2.18. The Morgan fingerprint density at radius 3 is 1.46 bits per heavy atom. The van der Waals surface area contributed by atoms with Crippen LogP contribution in [0.1, 0.15) is 27.7 Å². The minimum atomic E-state index is -3.02. The van der Waals surface area contributed by atoms with Crippen molar-refractivity contribution >= 4 is 10.0 Å². The maximum atomic E-state index is 11.3. The van der Waals surface area contributed by atoms with E-state index < -0.39 is 10.0 Å². The van der Waals surface area contributed by atoms with Gasteiger partial charge in [0, 0.05) is 13.1 Å². The van der Waals surface area contributed by atoms with Gasteiger partial charge >= 0.3 is 0 Å². The van der Waals surface area contributed by atoms with Crippen molar-refractivity contribution in [1.29, 1.82) is 0 Å². The van der Waals surface area contributed by atoms with Crippen molar-refractivity contribution in [2.24, 2.45) is 11.8 Å². The largest absolute Gasteiger partial charge is 0.213 e. The van der Waals surface area contributed by atoms with Gasteiger partial charge in [0.25, 0.3) is 0 Å². The second-order valence-corrected chi connectivity index (χ2v) is 6.35. The molecule has 80 valence electrons. The fourth-order valence-corrected chi connectivity index (χ4v) is 2.30. The van der Waals surface area contributed by atoms with E-state index in [1.807, 2.05) is 27.7 Å². The fourth-order valence-electron chi connectivity index (χ4n) is 1.16. The van der Waals surface area contributed by atoms with E-state index in [1.165, 1.54) is 6.26 Å². The molecule has 0 aliphatic heterocycles. The molecule has 13 heavy (non-hydrogen) atoms. The summed E-state index contributed by atoms with van der Waals surface area (Å²) < 4.78 is 24.2. The van der Waals surface area contributed by atoms with Crippen LogP contribution in [0.25, 0.3) is 0 Å². The van der Waals surface area contributed by atoms with Gasteiger partial charge in [0.15, 0.2) is 0 Å². The molecule has 0 heterocycles. The Labute approximate surface area is 82.2 Å².